The zero-order valence-electron chi connectivity index (χ0n) is 13.9. The van der Waals surface area contributed by atoms with Gasteiger partial charge in [-0.2, -0.15) is 0 Å². The lowest BCUT2D eigenvalue weighted by atomic mass is 9.97. The van der Waals surface area contributed by atoms with Crippen LogP contribution in [0.3, 0.4) is 0 Å². The smallest absolute Gasteiger partial charge is 0.330 e. The van der Waals surface area contributed by atoms with Crippen molar-refractivity contribution in [3.05, 3.63) is 12.2 Å². The van der Waals surface area contributed by atoms with Crippen LogP contribution < -0.4 is 0 Å². The first kappa shape index (κ1) is 26.0. The van der Waals surface area contributed by atoms with Gasteiger partial charge in [-0.15, -0.1) is 0 Å². The molecule has 136 valence electrons. The molecule has 8 nitrogen and oxygen atoms in total. The predicted octanol–water partition coefficient (Wildman–Crippen LogP) is 1.36. The summed E-state index contributed by atoms with van der Waals surface area (Å²) in [4.78, 5) is 29.4. The number of carbonyl (C=O) groups is 3. The normalized spacial score (nSPS) is 9.61. The van der Waals surface area contributed by atoms with E-state index >= 15 is 0 Å². The third-order valence-corrected chi connectivity index (χ3v) is 2.25. The Balaban J connectivity index is -0.000000272. The van der Waals surface area contributed by atoms with E-state index in [9.17, 15) is 14.4 Å². The molecule has 0 aromatic heterocycles. The molecule has 0 amide bonds. The fourth-order valence-corrected chi connectivity index (χ4v) is 0.602. The highest BCUT2D eigenvalue weighted by molar-refractivity contribution is 5.84. The van der Waals surface area contributed by atoms with Gasteiger partial charge in [0.25, 0.3) is 0 Å². The lowest BCUT2D eigenvalue weighted by Crippen LogP contribution is -2.20. The molecule has 0 saturated carbocycles. The minimum atomic E-state index is -0.935. The summed E-state index contributed by atoms with van der Waals surface area (Å²) in [6, 6.07) is 0. The average molecular weight is 336 g/mol. The molecule has 0 aliphatic heterocycles. The Labute approximate surface area is 136 Å². The van der Waals surface area contributed by atoms with Crippen LogP contribution in [0.25, 0.3) is 0 Å². The Morgan fingerprint density at radius 3 is 1.22 bits per heavy atom. The lowest BCUT2D eigenvalue weighted by molar-refractivity contribution is -0.139. The number of rotatable bonds is 8. The minimum Gasteiger partial charge on any atom is -0.481 e. The highest BCUT2D eigenvalue weighted by atomic mass is 16.4. The highest BCUT2D eigenvalue weighted by Gasteiger charge is 2.13. The van der Waals surface area contributed by atoms with E-state index < -0.39 is 17.9 Å². The van der Waals surface area contributed by atoms with E-state index in [4.69, 9.17) is 25.5 Å². The van der Waals surface area contributed by atoms with Gasteiger partial charge < -0.3 is 25.5 Å². The van der Waals surface area contributed by atoms with Gasteiger partial charge in [0, 0.05) is 23.8 Å². The van der Waals surface area contributed by atoms with Crippen molar-refractivity contribution >= 4 is 17.9 Å². The first-order valence-electron chi connectivity index (χ1n) is 6.93. The van der Waals surface area contributed by atoms with Gasteiger partial charge in [0.1, 0.15) is 0 Å². The van der Waals surface area contributed by atoms with Crippen LogP contribution in [0.1, 0.15) is 46.5 Å². The van der Waals surface area contributed by atoms with E-state index in [2.05, 4.69) is 6.58 Å². The summed E-state index contributed by atoms with van der Waals surface area (Å²) in [7, 11) is 0. The van der Waals surface area contributed by atoms with Gasteiger partial charge in [0.15, 0.2) is 0 Å². The van der Waals surface area contributed by atoms with Gasteiger partial charge in [-0.25, -0.2) is 4.79 Å². The Morgan fingerprint density at radius 1 is 0.870 bits per heavy atom. The van der Waals surface area contributed by atoms with Crippen molar-refractivity contribution in [2.45, 2.75) is 46.5 Å². The van der Waals surface area contributed by atoms with Crippen LogP contribution in [-0.4, -0.2) is 56.7 Å². The van der Waals surface area contributed by atoms with E-state index in [0.717, 1.165) is 0 Å². The molecule has 0 aromatic rings. The molecule has 5 N–H and O–H groups in total. The minimum absolute atomic E-state index is 0.0451. The zero-order valence-corrected chi connectivity index (χ0v) is 13.9. The molecule has 0 saturated heterocycles. The molecule has 0 bridgehead atoms. The van der Waals surface area contributed by atoms with Crippen LogP contribution in [-0.2, 0) is 14.4 Å². The molecule has 0 aliphatic rings. The van der Waals surface area contributed by atoms with Crippen molar-refractivity contribution in [3.8, 4) is 0 Å². The molecule has 8 heteroatoms. The van der Waals surface area contributed by atoms with Gasteiger partial charge in [0.2, 0.25) is 0 Å². The molecular formula is C15H28O8. The molecule has 0 rings (SSSR count). The molecule has 0 unspecified atom stereocenters. The van der Waals surface area contributed by atoms with E-state index in [-0.39, 0.29) is 37.0 Å². The van der Waals surface area contributed by atoms with Crippen molar-refractivity contribution in [2.75, 3.05) is 13.2 Å². The highest BCUT2D eigenvalue weighted by Crippen LogP contribution is 2.10. The molecule has 0 spiro atoms. The third kappa shape index (κ3) is 28.9. The largest absolute Gasteiger partial charge is 0.481 e. The van der Waals surface area contributed by atoms with Crippen molar-refractivity contribution in [3.63, 3.8) is 0 Å². The van der Waals surface area contributed by atoms with E-state index in [1.165, 1.54) is 6.92 Å². The first-order valence-corrected chi connectivity index (χ1v) is 6.93. The summed E-state index contributed by atoms with van der Waals surface area (Å²) in [5.74, 6) is -2.68. The summed E-state index contributed by atoms with van der Waals surface area (Å²) < 4.78 is 0. The molecule has 0 radical (unpaired) electrons. The van der Waals surface area contributed by atoms with Crippen molar-refractivity contribution in [2.24, 2.45) is 5.41 Å². The summed E-state index contributed by atoms with van der Waals surface area (Å²) in [5, 5.41) is 41.0. The number of carboxylic acids is 3. The Kier molecular flexibility index (Phi) is 16.9. The topological polar surface area (TPSA) is 152 Å². The SMILES string of the molecule is C=C(C)C(=O)O.CC(C)(CO)CO.O=C(O)CCCCC(=O)O. The van der Waals surface area contributed by atoms with Crippen molar-refractivity contribution < 1.29 is 39.9 Å². The monoisotopic (exact) mass is 336 g/mol. The van der Waals surface area contributed by atoms with Gasteiger partial charge in [-0.05, 0) is 19.8 Å². The molecule has 0 heterocycles. The van der Waals surface area contributed by atoms with Crippen LogP contribution in [0.5, 0.6) is 0 Å². The quantitative estimate of drug-likeness (QED) is 0.329. The average Bonchev–Trinajstić information content (AvgIpc) is 2.44. The van der Waals surface area contributed by atoms with Gasteiger partial charge in [-0.1, -0.05) is 20.4 Å². The molecule has 0 fully saturated rings. The van der Waals surface area contributed by atoms with E-state index in [1.807, 2.05) is 0 Å². The second-order valence-corrected chi connectivity index (χ2v) is 5.56. The number of aliphatic hydroxyl groups excluding tert-OH is 2. The van der Waals surface area contributed by atoms with E-state index in [0.29, 0.717) is 12.8 Å². The fraction of sp³-hybridized carbons (Fsp3) is 0.667. The Morgan fingerprint density at radius 2 is 1.13 bits per heavy atom. The van der Waals surface area contributed by atoms with Crippen LogP contribution in [0.15, 0.2) is 12.2 Å². The maximum absolute atomic E-state index is 9.90. The first-order chi connectivity index (χ1) is 10.4. The van der Waals surface area contributed by atoms with Crippen molar-refractivity contribution in [1.82, 2.24) is 0 Å². The third-order valence-electron chi connectivity index (χ3n) is 2.25. The summed E-state index contributed by atoms with van der Waals surface area (Å²) in [5.41, 5.74) is -0.130. The lowest BCUT2D eigenvalue weighted by Gasteiger charge is -2.16. The van der Waals surface area contributed by atoms with Crippen LogP contribution in [0, 0.1) is 5.41 Å². The molecular weight excluding hydrogens is 308 g/mol. The second-order valence-electron chi connectivity index (χ2n) is 5.56. The molecule has 0 aliphatic carbocycles. The maximum atomic E-state index is 9.90. The standard InChI is InChI=1S/C6H10O4.C5H12O2.C4H6O2/c7-5(8)3-1-2-4-6(9)10;1-5(2,3-6)4-7;1-3(2)4(5)6/h1-4H2,(H,7,8)(H,9,10);6-7H,3-4H2,1-2H3;1H2,2H3,(H,5,6). The summed E-state index contributed by atoms with van der Waals surface area (Å²) in [6.07, 6.45) is 1.02. The maximum Gasteiger partial charge on any atom is 0.330 e. The number of carboxylic acid groups (broad SMARTS) is 3. The van der Waals surface area contributed by atoms with Gasteiger partial charge >= 0.3 is 17.9 Å². The number of unbranched alkanes of at least 4 members (excludes halogenated alkanes) is 1. The predicted molar refractivity (Wildman–Crippen MR) is 84.1 cm³/mol. The number of aliphatic carboxylic acids is 3. The summed E-state index contributed by atoms with van der Waals surface area (Å²) in [6.45, 7) is 8.29. The van der Waals surface area contributed by atoms with Gasteiger partial charge in [-0.3, -0.25) is 9.59 Å². The van der Waals surface area contributed by atoms with Crippen LogP contribution in [0.2, 0.25) is 0 Å². The molecule has 23 heavy (non-hydrogen) atoms. The number of hydrogen-bond acceptors (Lipinski definition) is 5. The number of hydrogen-bond donors (Lipinski definition) is 5. The van der Waals surface area contributed by atoms with Crippen molar-refractivity contribution in [1.29, 1.82) is 0 Å². The molecule has 0 atom stereocenters. The van der Waals surface area contributed by atoms with Gasteiger partial charge in [0.05, 0.1) is 13.2 Å². The van der Waals surface area contributed by atoms with Crippen LogP contribution in [0.4, 0.5) is 0 Å². The Hall–Kier alpha value is -1.93. The zero-order chi connectivity index (χ0) is 19.1. The summed E-state index contributed by atoms with van der Waals surface area (Å²) >= 11 is 0. The van der Waals surface area contributed by atoms with E-state index in [1.54, 1.807) is 13.8 Å². The fourth-order valence-electron chi connectivity index (χ4n) is 0.602. The molecule has 0 aromatic carbocycles. The second kappa shape index (κ2) is 15.0. The number of aliphatic hydroxyl groups is 2. The Bertz CT molecular complexity index is 340. The van der Waals surface area contributed by atoms with Crippen LogP contribution >= 0.6 is 0 Å².